The standard InChI is InChI=1S/C18H15ClN4O5/c19-12-6-11(16(24)14(7-12)23(27)28)8-21-22-18(26)15-13(9-20-17(15)25)10-4-2-1-3-5-10/h1-8,13,15,24H,9H2,(H,20,25)(H,22,26)/b21-8+/t13-,15+/m0/s1. The van der Waals surface area contributed by atoms with Crippen LogP contribution in [0.1, 0.15) is 17.0 Å². The van der Waals surface area contributed by atoms with E-state index >= 15 is 0 Å². The molecule has 2 atom stereocenters. The molecule has 0 radical (unpaired) electrons. The van der Waals surface area contributed by atoms with E-state index in [1.54, 1.807) is 0 Å². The third-order valence-electron chi connectivity index (χ3n) is 4.35. The highest BCUT2D eigenvalue weighted by atomic mass is 35.5. The van der Waals surface area contributed by atoms with E-state index in [-0.39, 0.29) is 16.5 Å². The smallest absolute Gasteiger partial charge is 0.312 e. The molecular weight excluding hydrogens is 388 g/mol. The van der Waals surface area contributed by atoms with E-state index in [4.69, 9.17) is 11.6 Å². The number of nitrogens with one attached hydrogen (secondary N) is 2. The first-order valence-corrected chi connectivity index (χ1v) is 8.58. The molecule has 28 heavy (non-hydrogen) atoms. The van der Waals surface area contributed by atoms with Gasteiger partial charge in [0.05, 0.1) is 11.1 Å². The molecule has 0 aliphatic carbocycles. The zero-order valence-electron chi connectivity index (χ0n) is 14.3. The lowest BCUT2D eigenvalue weighted by Gasteiger charge is -2.15. The Kier molecular flexibility index (Phi) is 5.55. The number of nitro groups is 1. The quantitative estimate of drug-likeness (QED) is 0.304. The van der Waals surface area contributed by atoms with Crippen LogP contribution in [0, 0.1) is 16.0 Å². The fourth-order valence-electron chi connectivity index (χ4n) is 3.01. The Hall–Kier alpha value is -3.46. The van der Waals surface area contributed by atoms with Crippen molar-refractivity contribution < 1.29 is 19.6 Å². The van der Waals surface area contributed by atoms with Gasteiger partial charge in [-0.2, -0.15) is 5.10 Å². The van der Waals surface area contributed by atoms with E-state index in [0.29, 0.717) is 6.54 Å². The van der Waals surface area contributed by atoms with E-state index in [0.717, 1.165) is 17.8 Å². The maximum atomic E-state index is 12.5. The lowest BCUT2D eigenvalue weighted by Crippen LogP contribution is -2.34. The molecule has 3 rings (SSSR count). The van der Waals surface area contributed by atoms with Gasteiger partial charge in [0, 0.05) is 29.1 Å². The lowest BCUT2D eigenvalue weighted by molar-refractivity contribution is -0.385. The number of hydrazone groups is 1. The molecular formula is C18H15ClN4O5. The molecule has 0 unspecified atom stereocenters. The summed E-state index contributed by atoms with van der Waals surface area (Å²) in [4.78, 5) is 34.7. The summed E-state index contributed by atoms with van der Waals surface area (Å²) in [5.74, 6) is -2.99. The molecule has 9 nitrogen and oxygen atoms in total. The molecule has 2 aromatic carbocycles. The Balaban J connectivity index is 1.76. The van der Waals surface area contributed by atoms with Crippen molar-refractivity contribution in [2.45, 2.75) is 5.92 Å². The van der Waals surface area contributed by atoms with Crippen LogP contribution in [-0.2, 0) is 9.59 Å². The highest BCUT2D eigenvalue weighted by Crippen LogP contribution is 2.32. The van der Waals surface area contributed by atoms with Gasteiger partial charge in [-0.05, 0) is 11.6 Å². The molecule has 2 aromatic rings. The van der Waals surface area contributed by atoms with Gasteiger partial charge in [0.25, 0.3) is 5.91 Å². The van der Waals surface area contributed by atoms with Crippen LogP contribution in [-0.4, -0.2) is 34.6 Å². The molecule has 0 spiro atoms. The van der Waals surface area contributed by atoms with Crippen molar-refractivity contribution in [1.82, 2.24) is 10.7 Å². The fraction of sp³-hybridized carbons (Fsp3) is 0.167. The molecule has 1 fully saturated rings. The molecule has 10 heteroatoms. The Labute approximate surface area is 164 Å². The summed E-state index contributed by atoms with van der Waals surface area (Å²) in [7, 11) is 0. The van der Waals surface area contributed by atoms with Gasteiger partial charge in [0.15, 0.2) is 0 Å². The molecule has 144 valence electrons. The number of benzene rings is 2. The van der Waals surface area contributed by atoms with Gasteiger partial charge < -0.3 is 10.4 Å². The van der Waals surface area contributed by atoms with Crippen LogP contribution >= 0.6 is 11.6 Å². The number of carbonyl (C=O) groups is 2. The first-order valence-electron chi connectivity index (χ1n) is 8.21. The summed E-state index contributed by atoms with van der Waals surface area (Å²) in [6.07, 6.45) is 1.02. The number of hydrogen-bond donors (Lipinski definition) is 3. The minimum absolute atomic E-state index is 0.0246. The predicted octanol–water partition coefficient (Wildman–Crippen LogP) is 1.93. The molecule has 1 aliphatic rings. The van der Waals surface area contributed by atoms with E-state index in [9.17, 15) is 24.8 Å². The zero-order chi connectivity index (χ0) is 20.3. The van der Waals surface area contributed by atoms with Crippen molar-refractivity contribution in [3.8, 4) is 5.75 Å². The number of nitrogens with zero attached hydrogens (tertiary/aromatic N) is 2. The number of rotatable bonds is 5. The Morgan fingerprint density at radius 2 is 2.07 bits per heavy atom. The van der Waals surface area contributed by atoms with Gasteiger partial charge in [-0.1, -0.05) is 41.9 Å². The number of amides is 2. The Morgan fingerprint density at radius 3 is 2.75 bits per heavy atom. The van der Waals surface area contributed by atoms with Gasteiger partial charge in [0.1, 0.15) is 5.92 Å². The van der Waals surface area contributed by atoms with Gasteiger partial charge in [-0.15, -0.1) is 0 Å². The van der Waals surface area contributed by atoms with Crippen LogP contribution in [0.25, 0.3) is 0 Å². The summed E-state index contributed by atoms with van der Waals surface area (Å²) in [5, 5.41) is 27.2. The Bertz CT molecular complexity index is 964. The molecule has 0 saturated carbocycles. The third-order valence-corrected chi connectivity index (χ3v) is 4.57. The average molecular weight is 403 g/mol. The van der Waals surface area contributed by atoms with Crippen LogP contribution in [0.4, 0.5) is 5.69 Å². The third kappa shape index (κ3) is 3.94. The first kappa shape index (κ1) is 19.3. The highest BCUT2D eigenvalue weighted by molar-refractivity contribution is 6.31. The van der Waals surface area contributed by atoms with Crippen molar-refractivity contribution >= 4 is 35.3 Å². The number of phenolic OH excluding ortho intramolecular Hbond substituents is 1. The molecule has 1 heterocycles. The summed E-state index contributed by atoms with van der Waals surface area (Å²) >= 11 is 5.80. The number of carbonyl (C=O) groups excluding carboxylic acids is 2. The van der Waals surface area contributed by atoms with Gasteiger partial charge >= 0.3 is 5.69 Å². The fourth-order valence-corrected chi connectivity index (χ4v) is 3.23. The second-order valence-electron chi connectivity index (χ2n) is 6.09. The summed E-state index contributed by atoms with van der Waals surface area (Å²) < 4.78 is 0. The molecule has 1 aliphatic heterocycles. The van der Waals surface area contributed by atoms with Gasteiger partial charge in [-0.3, -0.25) is 19.7 Å². The first-order chi connectivity index (χ1) is 13.4. The predicted molar refractivity (Wildman–Crippen MR) is 101 cm³/mol. The monoisotopic (exact) mass is 402 g/mol. The number of hydrogen-bond acceptors (Lipinski definition) is 6. The normalized spacial score (nSPS) is 18.8. The van der Waals surface area contributed by atoms with Crippen molar-refractivity contribution in [2.75, 3.05) is 6.54 Å². The minimum atomic E-state index is -0.971. The largest absolute Gasteiger partial charge is 0.502 e. The number of halogens is 1. The topological polar surface area (TPSA) is 134 Å². The van der Waals surface area contributed by atoms with Crippen LogP contribution in [0.5, 0.6) is 5.75 Å². The average Bonchev–Trinajstić information content (AvgIpc) is 3.06. The summed E-state index contributed by atoms with van der Waals surface area (Å²) in [6.45, 7) is 0.325. The van der Waals surface area contributed by atoms with Crippen LogP contribution in [0.15, 0.2) is 47.6 Å². The number of aromatic hydroxyl groups is 1. The van der Waals surface area contributed by atoms with Gasteiger partial charge in [-0.25, -0.2) is 5.43 Å². The molecule has 0 aromatic heterocycles. The van der Waals surface area contributed by atoms with E-state index < -0.39 is 34.1 Å². The van der Waals surface area contributed by atoms with E-state index in [2.05, 4.69) is 15.8 Å². The van der Waals surface area contributed by atoms with Crippen molar-refractivity contribution in [2.24, 2.45) is 11.0 Å². The Morgan fingerprint density at radius 1 is 1.36 bits per heavy atom. The van der Waals surface area contributed by atoms with Crippen LogP contribution in [0.3, 0.4) is 0 Å². The van der Waals surface area contributed by atoms with Crippen LogP contribution in [0.2, 0.25) is 5.02 Å². The SMILES string of the molecule is O=C1NC[C@@H](c2ccccc2)[C@H]1C(=O)N/N=C/c1cc(Cl)cc([N+](=O)[O-])c1O. The van der Waals surface area contributed by atoms with Crippen molar-refractivity contribution in [3.63, 3.8) is 0 Å². The maximum Gasteiger partial charge on any atom is 0.312 e. The van der Waals surface area contributed by atoms with E-state index in [1.165, 1.54) is 6.07 Å². The summed E-state index contributed by atoms with van der Waals surface area (Å²) in [6, 6.07) is 11.4. The molecule has 1 saturated heterocycles. The van der Waals surface area contributed by atoms with Crippen LogP contribution < -0.4 is 10.7 Å². The second kappa shape index (κ2) is 8.05. The second-order valence-corrected chi connectivity index (χ2v) is 6.53. The molecule has 2 amide bonds. The van der Waals surface area contributed by atoms with Gasteiger partial charge in [0.2, 0.25) is 11.7 Å². The summed E-state index contributed by atoms with van der Waals surface area (Å²) in [5.41, 5.74) is 2.46. The van der Waals surface area contributed by atoms with Crippen molar-refractivity contribution in [3.05, 3.63) is 68.7 Å². The molecule has 3 N–H and O–H groups in total. The number of nitro benzene ring substituents is 1. The lowest BCUT2D eigenvalue weighted by atomic mass is 9.88. The van der Waals surface area contributed by atoms with E-state index in [1.807, 2.05) is 30.3 Å². The zero-order valence-corrected chi connectivity index (χ0v) is 15.1. The maximum absolute atomic E-state index is 12.5. The molecule has 0 bridgehead atoms. The number of phenols is 1. The van der Waals surface area contributed by atoms with Crippen molar-refractivity contribution in [1.29, 1.82) is 0 Å². The minimum Gasteiger partial charge on any atom is -0.502 e. The highest BCUT2D eigenvalue weighted by Gasteiger charge is 2.40.